The minimum absolute atomic E-state index is 0.0805. The van der Waals surface area contributed by atoms with Crippen molar-refractivity contribution in [1.82, 2.24) is 0 Å². The molecular weight excluding hydrogens is 320 g/mol. The lowest BCUT2D eigenvalue weighted by molar-refractivity contribution is -0.137. The van der Waals surface area contributed by atoms with Crippen LogP contribution in [0.25, 0.3) is 0 Å². The first-order chi connectivity index (χ1) is 6.90. The second kappa shape index (κ2) is 4.37. The lowest BCUT2D eigenvalue weighted by atomic mass is 10.0. The highest BCUT2D eigenvalue weighted by Crippen LogP contribution is 2.34. The molecule has 0 aliphatic heterocycles. The number of nitrogens with zero attached hydrogens (tertiary/aromatic N) is 1. The molecule has 1 rings (SSSR count). The summed E-state index contributed by atoms with van der Waals surface area (Å²) in [5, 5.41) is 8.68. The molecule has 0 atom stereocenters. The molecule has 0 saturated heterocycles. The zero-order valence-corrected chi connectivity index (χ0v) is 9.56. The third-order valence-corrected chi connectivity index (χ3v) is 2.44. The minimum Gasteiger partial charge on any atom is -0.326 e. The van der Waals surface area contributed by atoms with Gasteiger partial charge in [-0.15, -0.1) is 0 Å². The Bertz CT molecular complexity index is 421. The van der Waals surface area contributed by atoms with Crippen molar-refractivity contribution in [1.29, 1.82) is 5.26 Å². The molecule has 0 radical (unpaired) electrons. The number of nitrogens with two attached hydrogens (primary N) is 1. The summed E-state index contributed by atoms with van der Waals surface area (Å²) in [6, 6.07) is 3.97. The molecule has 0 aliphatic carbocycles. The molecule has 1 aromatic carbocycles. The summed E-state index contributed by atoms with van der Waals surface area (Å²) in [5.74, 6) is 0. The van der Waals surface area contributed by atoms with Crippen LogP contribution in [0.4, 0.5) is 13.2 Å². The van der Waals surface area contributed by atoms with E-state index in [4.69, 9.17) is 11.0 Å². The SMILES string of the molecule is N#Cc1c(CN)cc(I)cc1C(F)(F)F. The van der Waals surface area contributed by atoms with E-state index in [1.165, 1.54) is 6.07 Å². The summed E-state index contributed by atoms with van der Waals surface area (Å²) < 4.78 is 38.0. The molecule has 15 heavy (non-hydrogen) atoms. The van der Waals surface area contributed by atoms with Gasteiger partial charge in [-0.2, -0.15) is 18.4 Å². The Balaban J connectivity index is 3.51. The van der Waals surface area contributed by atoms with E-state index in [9.17, 15) is 13.2 Å². The predicted molar refractivity (Wildman–Crippen MR) is 56.8 cm³/mol. The molecule has 2 nitrogen and oxygen atoms in total. The molecule has 0 heterocycles. The normalized spacial score (nSPS) is 11.2. The average Bonchev–Trinajstić information content (AvgIpc) is 2.15. The number of hydrogen-bond acceptors (Lipinski definition) is 2. The molecule has 6 heteroatoms. The van der Waals surface area contributed by atoms with Crippen molar-refractivity contribution in [2.75, 3.05) is 0 Å². The number of nitriles is 1. The standard InChI is InChI=1S/C9H6F3IN2/c10-9(11,12)8-2-6(13)1-5(3-14)7(8)4-15/h1-2H,3,14H2. The third kappa shape index (κ3) is 2.60. The zero-order valence-electron chi connectivity index (χ0n) is 7.40. The van der Waals surface area contributed by atoms with Crippen LogP contribution in [-0.2, 0) is 12.7 Å². The van der Waals surface area contributed by atoms with Gasteiger partial charge >= 0.3 is 6.18 Å². The highest BCUT2D eigenvalue weighted by molar-refractivity contribution is 14.1. The second-order valence-corrected chi connectivity index (χ2v) is 4.05. The third-order valence-electron chi connectivity index (χ3n) is 1.82. The molecule has 0 unspecified atom stereocenters. The van der Waals surface area contributed by atoms with Crippen LogP contribution in [0.1, 0.15) is 16.7 Å². The fourth-order valence-electron chi connectivity index (χ4n) is 1.18. The van der Waals surface area contributed by atoms with Crippen molar-refractivity contribution in [2.24, 2.45) is 5.73 Å². The molecule has 0 aromatic heterocycles. The highest BCUT2D eigenvalue weighted by Gasteiger charge is 2.34. The van der Waals surface area contributed by atoms with Crippen LogP contribution in [0, 0.1) is 14.9 Å². The van der Waals surface area contributed by atoms with E-state index in [-0.39, 0.29) is 17.7 Å². The predicted octanol–water partition coefficient (Wildman–Crippen LogP) is 2.64. The van der Waals surface area contributed by atoms with Crippen LogP contribution in [-0.4, -0.2) is 0 Å². The van der Waals surface area contributed by atoms with Crippen LogP contribution < -0.4 is 5.73 Å². The van der Waals surface area contributed by atoms with Gasteiger partial charge in [0.2, 0.25) is 0 Å². The first-order valence-corrected chi connectivity index (χ1v) is 4.97. The van der Waals surface area contributed by atoms with Crippen LogP contribution in [0.2, 0.25) is 0 Å². The smallest absolute Gasteiger partial charge is 0.326 e. The quantitative estimate of drug-likeness (QED) is 0.807. The minimum atomic E-state index is -4.52. The van der Waals surface area contributed by atoms with Gasteiger partial charge in [0.25, 0.3) is 0 Å². The number of rotatable bonds is 1. The molecular formula is C9H6F3IN2. The highest BCUT2D eigenvalue weighted by atomic mass is 127. The van der Waals surface area contributed by atoms with Crippen molar-refractivity contribution >= 4 is 22.6 Å². The van der Waals surface area contributed by atoms with Gasteiger partial charge < -0.3 is 5.73 Å². The van der Waals surface area contributed by atoms with Gasteiger partial charge in [0.05, 0.1) is 11.1 Å². The van der Waals surface area contributed by atoms with Gasteiger partial charge in [-0.05, 0) is 40.3 Å². The number of benzene rings is 1. The molecule has 0 bridgehead atoms. The van der Waals surface area contributed by atoms with E-state index in [0.29, 0.717) is 3.57 Å². The van der Waals surface area contributed by atoms with Crippen LogP contribution >= 0.6 is 22.6 Å². The van der Waals surface area contributed by atoms with Crippen LogP contribution in [0.5, 0.6) is 0 Å². The summed E-state index contributed by atoms with van der Waals surface area (Å²) in [4.78, 5) is 0. The van der Waals surface area contributed by atoms with E-state index in [1.54, 1.807) is 28.7 Å². The maximum absolute atomic E-state index is 12.5. The van der Waals surface area contributed by atoms with Crippen molar-refractivity contribution < 1.29 is 13.2 Å². The molecule has 0 spiro atoms. The van der Waals surface area contributed by atoms with Gasteiger partial charge in [-0.1, -0.05) is 0 Å². The first kappa shape index (κ1) is 12.3. The largest absolute Gasteiger partial charge is 0.417 e. The van der Waals surface area contributed by atoms with E-state index < -0.39 is 11.7 Å². The van der Waals surface area contributed by atoms with Crippen molar-refractivity contribution in [3.05, 3.63) is 32.4 Å². The van der Waals surface area contributed by atoms with Crippen LogP contribution in [0.3, 0.4) is 0 Å². The summed E-state index contributed by atoms with van der Waals surface area (Å²) >= 11 is 1.76. The zero-order chi connectivity index (χ0) is 11.6. The van der Waals surface area contributed by atoms with E-state index in [0.717, 1.165) is 6.07 Å². The van der Waals surface area contributed by atoms with Crippen molar-refractivity contribution in [3.63, 3.8) is 0 Å². The van der Waals surface area contributed by atoms with Gasteiger partial charge in [-0.25, -0.2) is 0 Å². The lowest BCUT2D eigenvalue weighted by Crippen LogP contribution is -2.12. The van der Waals surface area contributed by atoms with Gasteiger partial charge in [0.1, 0.15) is 6.07 Å². The van der Waals surface area contributed by atoms with Gasteiger partial charge in [-0.3, -0.25) is 0 Å². The Hall–Kier alpha value is -0.810. The maximum Gasteiger partial charge on any atom is 0.417 e. The first-order valence-electron chi connectivity index (χ1n) is 3.90. The average molecular weight is 326 g/mol. The molecule has 1 aromatic rings. The maximum atomic E-state index is 12.5. The fourth-order valence-corrected chi connectivity index (χ4v) is 1.87. The molecule has 0 aliphatic rings. The molecule has 0 fully saturated rings. The molecule has 0 amide bonds. The second-order valence-electron chi connectivity index (χ2n) is 2.80. The Labute approximate surface area is 98.0 Å². The number of halogens is 4. The Morgan fingerprint density at radius 1 is 1.40 bits per heavy atom. The monoisotopic (exact) mass is 326 g/mol. The fraction of sp³-hybridized carbons (Fsp3) is 0.222. The topological polar surface area (TPSA) is 49.8 Å². The van der Waals surface area contributed by atoms with Crippen molar-refractivity contribution in [2.45, 2.75) is 12.7 Å². The Morgan fingerprint density at radius 2 is 2.00 bits per heavy atom. The summed E-state index contributed by atoms with van der Waals surface area (Å²) in [6.07, 6.45) is -4.52. The van der Waals surface area contributed by atoms with Gasteiger partial charge in [0.15, 0.2) is 0 Å². The van der Waals surface area contributed by atoms with Crippen molar-refractivity contribution in [3.8, 4) is 6.07 Å². The summed E-state index contributed by atoms with van der Waals surface area (Å²) in [5.41, 5.74) is 4.20. The summed E-state index contributed by atoms with van der Waals surface area (Å²) in [6.45, 7) is -0.0805. The van der Waals surface area contributed by atoms with Gasteiger partial charge in [0, 0.05) is 10.1 Å². The van der Waals surface area contributed by atoms with E-state index >= 15 is 0 Å². The molecule has 80 valence electrons. The Kier molecular flexibility index (Phi) is 3.57. The molecule has 0 saturated carbocycles. The number of alkyl halides is 3. The van der Waals surface area contributed by atoms with E-state index in [1.807, 2.05) is 0 Å². The molecule has 2 N–H and O–H groups in total. The summed E-state index contributed by atoms with van der Waals surface area (Å²) in [7, 11) is 0. The number of hydrogen-bond donors (Lipinski definition) is 1. The van der Waals surface area contributed by atoms with Crippen LogP contribution in [0.15, 0.2) is 12.1 Å². The Morgan fingerprint density at radius 3 is 2.40 bits per heavy atom. The lowest BCUT2D eigenvalue weighted by Gasteiger charge is -2.12. The van der Waals surface area contributed by atoms with E-state index in [2.05, 4.69) is 0 Å².